The van der Waals surface area contributed by atoms with Gasteiger partial charge in [0.15, 0.2) is 11.6 Å². The van der Waals surface area contributed by atoms with Crippen molar-refractivity contribution < 1.29 is 8.78 Å². The van der Waals surface area contributed by atoms with Crippen molar-refractivity contribution in [1.29, 1.82) is 0 Å². The van der Waals surface area contributed by atoms with E-state index >= 15 is 0 Å². The van der Waals surface area contributed by atoms with Crippen LogP contribution in [0.1, 0.15) is 5.82 Å². The van der Waals surface area contributed by atoms with Crippen LogP contribution < -0.4 is 10.2 Å². The second-order valence-corrected chi connectivity index (χ2v) is 5.28. The summed E-state index contributed by atoms with van der Waals surface area (Å²) in [5.74, 6) is 0.522. The molecule has 2 N–H and O–H groups in total. The number of aromatic nitrogens is 4. The van der Waals surface area contributed by atoms with Gasteiger partial charge in [-0.15, -0.1) is 0 Å². The Morgan fingerprint density at radius 1 is 1.22 bits per heavy atom. The van der Waals surface area contributed by atoms with Crippen LogP contribution >= 0.6 is 0 Å². The minimum Gasteiger partial charge on any atom is -0.360 e. The summed E-state index contributed by atoms with van der Waals surface area (Å²) in [6.07, 6.45) is 1.71. The van der Waals surface area contributed by atoms with Crippen molar-refractivity contribution in [3.05, 3.63) is 41.9 Å². The number of fused-ring (bicyclic) bond motifs is 1. The summed E-state index contributed by atoms with van der Waals surface area (Å²) in [4.78, 5) is 17.0. The predicted molar refractivity (Wildman–Crippen MR) is 84.6 cm³/mol. The number of nitrogens with zero attached hydrogens (tertiary/aromatic N) is 4. The Kier molecular flexibility index (Phi) is 4.05. The van der Waals surface area contributed by atoms with E-state index < -0.39 is 5.82 Å². The molecular formula is C15H16F2N6. The first-order valence-electron chi connectivity index (χ1n) is 7.11. The number of halogens is 2. The van der Waals surface area contributed by atoms with Crippen molar-refractivity contribution >= 4 is 22.8 Å². The molecule has 0 aliphatic rings. The molecule has 0 unspecified atom stereocenters. The van der Waals surface area contributed by atoms with Crippen molar-refractivity contribution in [1.82, 2.24) is 19.9 Å². The standard InChI is InChI=1S/C15H16F2N6/c1-23(2)14-10(17)8-19-15(22-14)18-6-5-13-20-11-4-3-9(16)7-12(11)21-13/h3-4,7-8H,5-6H2,1-2H3,(H,20,21)(H,18,19,22). The van der Waals surface area contributed by atoms with Crippen LogP contribution in [0.3, 0.4) is 0 Å². The molecule has 0 atom stereocenters. The smallest absolute Gasteiger partial charge is 0.224 e. The number of aromatic amines is 1. The molecule has 2 heterocycles. The molecule has 8 heteroatoms. The van der Waals surface area contributed by atoms with Gasteiger partial charge in [0.05, 0.1) is 17.2 Å². The van der Waals surface area contributed by atoms with Crippen molar-refractivity contribution in [2.24, 2.45) is 0 Å². The van der Waals surface area contributed by atoms with Gasteiger partial charge in [0, 0.05) is 27.1 Å². The Hall–Kier alpha value is -2.77. The molecule has 0 bridgehead atoms. The molecule has 0 fully saturated rings. The van der Waals surface area contributed by atoms with Crippen molar-refractivity contribution in [3.63, 3.8) is 0 Å². The number of rotatable bonds is 5. The Bertz CT molecular complexity index is 830. The first-order chi connectivity index (χ1) is 11.0. The zero-order valence-corrected chi connectivity index (χ0v) is 12.8. The highest BCUT2D eigenvalue weighted by atomic mass is 19.1. The SMILES string of the molecule is CN(C)c1nc(NCCc2nc3ccc(F)cc3[nH]2)ncc1F. The maximum atomic E-state index is 13.5. The van der Waals surface area contributed by atoms with Crippen LogP contribution in [0, 0.1) is 11.6 Å². The van der Waals surface area contributed by atoms with E-state index in [0.29, 0.717) is 29.9 Å². The van der Waals surface area contributed by atoms with Crippen LogP contribution in [0.2, 0.25) is 0 Å². The van der Waals surface area contributed by atoms with Crippen LogP contribution in [0.4, 0.5) is 20.5 Å². The van der Waals surface area contributed by atoms with Crippen LogP contribution in [-0.2, 0) is 6.42 Å². The molecule has 2 aromatic heterocycles. The second-order valence-electron chi connectivity index (χ2n) is 5.28. The average molecular weight is 318 g/mol. The fourth-order valence-corrected chi connectivity index (χ4v) is 2.20. The molecule has 3 rings (SSSR count). The minimum absolute atomic E-state index is 0.224. The predicted octanol–water partition coefficient (Wildman–Crippen LogP) is 2.35. The third kappa shape index (κ3) is 3.36. The van der Waals surface area contributed by atoms with Gasteiger partial charge < -0.3 is 15.2 Å². The van der Waals surface area contributed by atoms with Crippen LogP contribution in [0.25, 0.3) is 11.0 Å². The van der Waals surface area contributed by atoms with Gasteiger partial charge in [-0.25, -0.2) is 18.7 Å². The summed E-state index contributed by atoms with van der Waals surface area (Å²) in [5, 5.41) is 3.02. The number of imidazole rings is 1. The first-order valence-corrected chi connectivity index (χ1v) is 7.11. The molecule has 1 aromatic carbocycles. The fourth-order valence-electron chi connectivity index (χ4n) is 2.20. The molecule has 0 aliphatic carbocycles. The highest BCUT2D eigenvalue weighted by molar-refractivity contribution is 5.74. The minimum atomic E-state index is -0.472. The Labute approximate surface area is 131 Å². The Balaban J connectivity index is 1.65. The zero-order chi connectivity index (χ0) is 16.4. The second kappa shape index (κ2) is 6.15. The number of benzene rings is 1. The number of anilines is 2. The van der Waals surface area contributed by atoms with Crippen LogP contribution in [-0.4, -0.2) is 40.6 Å². The van der Waals surface area contributed by atoms with Gasteiger partial charge >= 0.3 is 0 Å². The summed E-state index contributed by atoms with van der Waals surface area (Å²) in [7, 11) is 3.42. The quantitative estimate of drug-likeness (QED) is 0.756. The third-order valence-corrected chi connectivity index (χ3v) is 3.29. The molecule has 3 aromatic rings. The van der Waals surface area contributed by atoms with E-state index in [9.17, 15) is 8.78 Å². The van der Waals surface area contributed by atoms with E-state index in [4.69, 9.17) is 0 Å². The molecule has 0 aliphatic heterocycles. The van der Waals surface area contributed by atoms with Crippen molar-refractivity contribution in [3.8, 4) is 0 Å². The van der Waals surface area contributed by atoms with Gasteiger partial charge in [0.25, 0.3) is 0 Å². The number of hydrogen-bond donors (Lipinski definition) is 2. The van der Waals surface area contributed by atoms with Crippen LogP contribution in [0.15, 0.2) is 24.4 Å². The van der Waals surface area contributed by atoms with Gasteiger partial charge in [-0.05, 0) is 18.2 Å². The molecule has 0 saturated carbocycles. The summed E-state index contributed by atoms with van der Waals surface area (Å²) in [5.41, 5.74) is 1.38. The molecular weight excluding hydrogens is 302 g/mol. The first kappa shape index (κ1) is 15.1. The van der Waals surface area contributed by atoms with E-state index in [1.54, 1.807) is 25.1 Å². The van der Waals surface area contributed by atoms with E-state index in [0.717, 1.165) is 12.0 Å². The summed E-state index contributed by atoms with van der Waals surface area (Å²) in [6.45, 7) is 0.515. The molecule has 0 amide bonds. The summed E-state index contributed by atoms with van der Waals surface area (Å²) < 4.78 is 26.7. The lowest BCUT2D eigenvalue weighted by atomic mass is 10.3. The zero-order valence-electron chi connectivity index (χ0n) is 12.8. The van der Waals surface area contributed by atoms with E-state index in [2.05, 4.69) is 25.3 Å². The lowest BCUT2D eigenvalue weighted by molar-refractivity contribution is 0.612. The molecule has 120 valence electrons. The Morgan fingerprint density at radius 3 is 2.83 bits per heavy atom. The van der Waals surface area contributed by atoms with Crippen LogP contribution in [0.5, 0.6) is 0 Å². The number of H-pyrrole nitrogens is 1. The highest BCUT2D eigenvalue weighted by Crippen LogP contribution is 2.15. The maximum Gasteiger partial charge on any atom is 0.224 e. The van der Waals surface area contributed by atoms with Crippen molar-refractivity contribution in [2.75, 3.05) is 30.9 Å². The normalized spacial score (nSPS) is 11.0. The molecule has 0 saturated heterocycles. The Morgan fingerprint density at radius 2 is 2.04 bits per heavy atom. The van der Waals surface area contributed by atoms with E-state index in [1.807, 2.05) is 0 Å². The van der Waals surface area contributed by atoms with Gasteiger partial charge in [0.2, 0.25) is 5.95 Å². The number of nitrogens with one attached hydrogen (secondary N) is 2. The van der Waals surface area contributed by atoms with Gasteiger partial charge in [0.1, 0.15) is 11.6 Å². The molecule has 6 nitrogen and oxygen atoms in total. The monoisotopic (exact) mass is 318 g/mol. The molecule has 0 radical (unpaired) electrons. The van der Waals surface area contributed by atoms with E-state index in [-0.39, 0.29) is 11.6 Å². The number of hydrogen-bond acceptors (Lipinski definition) is 5. The summed E-state index contributed by atoms with van der Waals surface area (Å²) in [6, 6.07) is 4.41. The fraction of sp³-hybridized carbons (Fsp3) is 0.267. The van der Waals surface area contributed by atoms with Gasteiger partial charge in [-0.1, -0.05) is 0 Å². The third-order valence-electron chi connectivity index (χ3n) is 3.29. The lowest BCUT2D eigenvalue weighted by Crippen LogP contribution is -2.16. The maximum absolute atomic E-state index is 13.5. The molecule has 0 spiro atoms. The van der Waals surface area contributed by atoms with E-state index in [1.165, 1.54) is 12.1 Å². The highest BCUT2D eigenvalue weighted by Gasteiger charge is 2.09. The topological polar surface area (TPSA) is 69.7 Å². The lowest BCUT2D eigenvalue weighted by Gasteiger charge is -2.13. The average Bonchev–Trinajstić information content (AvgIpc) is 2.90. The summed E-state index contributed by atoms with van der Waals surface area (Å²) >= 11 is 0. The van der Waals surface area contributed by atoms with Gasteiger partial charge in [-0.2, -0.15) is 4.98 Å². The molecule has 23 heavy (non-hydrogen) atoms. The largest absolute Gasteiger partial charge is 0.360 e. The van der Waals surface area contributed by atoms with Crippen molar-refractivity contribution in [2.45, 2.75) is 6.42 Å². The van der Waals surface area contributed by atoms with Gasteiger partial charge in [-0.3, -0.25) is 0 Å².